The van der Waals surface area contributed by atoms with Gasteiger partial charge in [-0.2, -0.15) is 5.10 Å². The average Bonchev–Trinajstić information content (AvgIpc) is 3.35. The number of nitrogens with one attached hydrogen (secondary N) is 1. The second kappa shape index (κ2) is 6.20. The molecule has 1 saturated heterocycles. The van der Waals surface area contributed by atoms with E-state index >= 15 is 0 Å². The summed E-state index contributed by atoms with van der Waals surface area (Å²) in [4.78, 5) is 14.5. The molecule has 0 saturated carbocycles. The van der Waals surface area contributed by atoms with E-state index in [1.807, 2.05) is 17.9 Å². The first-order chi connectivity index (χ1) is 11.7. The van der Waals surface area contributed by atoms with Crippen molar-refractivity contribution in [2.75, 3.05) is 13.1 Å². The largest absolute Gasteiger partial charge is 0.356 e. The fourth-order valence-electron chi connectivity index (χ4n) is 3.18. The standard InChI is InChI=1S/C16H17N5O2S/c1-10-5-14(23-20-10)13-7-17-19-15(13)11-3-2-4-21(8-11)16(22)12-6-18-24-9-12/h5-7,9,11H,2-4,8H2,1H3,(H,17,19)/t11-/m1/s1. The molecule has 1 aliphatic rings. The summed E-state index contributed by atoms with van der Waals surface area (Å²) < 4.78 is 9.40. The SMILES string of the molecule is Cc1cc(-c2cn[nH]c2[C@@H]2CCCN(C(=O)c3cnsc3)C2)on1. The Morgan fingerprint density at radius 3 is 3.12 bits per heavy atom. The van der Waals surface area contributed by atoms with Crippen LogP contribution in [0, 0.1) is 6.92 Å². The molecule has 1 amide bonds. The molecule has 0 aliphatic carbocycles. The van der Waals surface area contributed by atoms with E-state index in [4.69, 9.17) is 4.52 Å². The summed E-state index contributed by atoms with van der Waals surface area (Å²) in [5, 5.41) is 13.0. The smallest absolute Gasteiger partial charge is 0.256 e. The third-order valence-corrected chi connectivity index (χ3v) is 4.94. The molecule has 1 fully saturated rings. The molecule has 24 heavy (non-hydrogen) atoms. The maximum absolute atomic E-state index is 12.6. The van der Waals surface area contributed by atoms with Gasteiger partial charge in [0.05, 0.1) is 34.9 Å². The van der Waals surface area contributed by atoms with E-state index in [1.165, 1.54) is 11.5 Å². The quantitative estimate of drug-likeness (QED) is 0.790. The lowest BCUT2D eigenvalue weighted by Gasteiger charge is -2.32. The highest BCUT2D eigenvalue weighted by Gasteiger charge is 2.29. The van der Waals surface area contributed by atoms with Gasteiger partial charge in [0.2, 0.25) is 0 Å². The number of aryl methyl sites for hydroxylation is 1. The average molecular weight is 343 g/mol. The van der Waals surface area contributed by atoms with E-state index in [9.17, 15) is 4.79 Å². The number of likely N-dealkylation sites (tertiary alicyclic amines) is 1. The summed E-state index contributed by atoms with van der Waals surface area (Å²) >= 11 is 1.30. The second-order valence-corrected chi connectivity index (χ2v) is 6.69. The van der Waals surface area contributed by atoms with E-state index < -0.39 is 0 Å². The molecule has 1 atom stereocenters. The van der Waals surface area contributed by atoms with E-state index in [0.717, 1.165) is 36.3 Å². The van der Waals surface area contributed by atoms with Crippen LogP contribution in [0.15, 0.2) is 28.4 Å². The van der Waals surface area contributed by atoms with E-state index in [0.29, 0.717) is 17.9 Å². The third kappa shape index (κ3) is 2.73. The minimum Gasteiger partial charge on any atom is -0.356 e. The number of carbonyl (C=O) groups is 1. The molecule has 7 nitrogen and oxygen atoms in total. The van der Waals surface area contributed by atoms with Crippen LogP contribution in [0.4, 0.5) is 0 Å². The van der Waals surface area contributed by atoms with Gasteiger partial charge >= 0.3 is 0 Å². The second-order valence-electron chi connectivity index (χ2n) is 6.03. The fourth-order valence-corrected chi connectivity index (χ4v) is 3.70. The number of rotatable bonds is 3. The Morgan fingerprint density at radius 2 is 2.38 bits per heavy atom. The van der Waals surface area contributed by atoms with Crippen LogP contribution in [-0.2, 0) is 0 Å². The van der Waals surface area contributed by atoms with Crippen molar-refractivity contribution in [3.63, 3.8) is 0 Å². The Morgan fingerprint density at radius 1 is 1.46 bits per heavy atom. The number of piperidine rings is 1. The highest BCUT2D eigenvalue weighted by molar-refractivity contribution is 7.03. The molecule has 8 heteroatoms. The van der Waals surface area contributed by atoms with Gasteiger partial charge in [-0.3, -0.25) is 9.89 Å². The van der Waals surface area contributed by atoms with Crippen LogP contribution in [-0.4, -0.2) is 43.6 Å². The summed E-state index contributed by atoms with van der Waals surface area (Å²) in [6.45, 7) is 3.33. The number of carbonyl (C=O) groups excluding carboxylic acids is 1. The highest BCUT2D eigenvalue weighted by atomic mass is 32.1. The van der Waals surface area contributed by atoms with E-state index in [2.05, 4.69) is 19.7 Å². The molecular weight excluding hydrogens is 326 g/mol. The molecule has 0 unspecified atom stereocenters. The molecule has 124 valence electrons. The molecule has 0 aromatic carbocycles. The molecule has 1 aliphatic heterocycles. The van der Waals surface area contributed by atoms with Crippen LogP contribution < -0.4 is 0 Å². The Bertz CT molecular complexity index is 838. The predicted octanol–water partition coefficient (Wildman–Crippen LogP) is 2.85. The fraction of sp³-hybridized carbons (Fsp3) is 0.375. The zero-order chi connectivity index (χ0) is 16.5. The predicted molar refractivity (Wildman–Crippen MR) is 88.8 cm³/mol. The Hall–Kier alpha value is -2.48. The van der Waals surface area contributed by atoms with Gasteiger partial charge in [0, 0.05) is 30.5 Å². The lowest BCUT2D eigenvalue weighted by molar-refractivity contribution is 0.0706. The minimum atomic E-state index is 0.0463. The Kier molecular flexibility index (Phi) is 3.89. The normalized spacial score (nSPS) is 18.0. The van der Waals surface area contributed by atoms with Crippen molar-refractivity contribution >= 4 is 17.4 Å². The minimum absolute atomic E-state index is 0.0463. The zero-order valence-corrected chi connectivity index (χ0v) is 14.0. The van der Waals surface area contributed by atoms with Crippen molar-refractivity contribution < 1.29 is 9.32 Å². The third-order valence-electron chi connectivity index (χ3n) is 4.36. The molecule has 1 N–H and O–H groups in total. The van der Waals surface area contributed by atoms with Gasteiger partial charge in [-0.1, -0.05) is 5.16 Å². The Labute approximate surface area is 142 Å². The topological polar surface area (TPSA) is 87.9 Å². The van der Waals surface area contributed by atoms with Gasteiger partial charge in [-0.05, 0) is 31.3 Å². The number of H-pyrrole nitrogens is 1. The number of hydrogen-bond acceptors (Lipinski definition) is 6. The summed E-state index contributed by atoms with van der Waals surface area (Å²) in [6.07, 6.45) is 5.37. The Balaban J connectivity index is 1.57. The summed E-state index contributed by atoms with van der Waals surface area (Å²) in [7, 11) is 0. The molecule has 4 heterocycles. The van der Waals surface area contributed by atoms with Gasteiger partial charge in [0.25, 0.3) is 5.91 Å². The van der Waals surface area contributed by atoms with Crippen molar-refractivity contribution in [2.24, 2.45) is 0 Å². The van der Waals surface area contributed by atoms with Gasteiger partial charge in [0.15, 0.2) is 5.76 Å². The van der Waals surface area contributed by atoms with Crippen molar-refractivity contribution in [2.45, 2.75) is 25.7 Å². The molecule has 4 rings (SSSR count). The van der Waals surface area contributed by atoms with Crippen molar-refractivity contribution in [3.05, 3.63) is 40.8 Å². The lowest BCUT2D eigenvalue weighted by atomic mass is 9.91. The van der Waals surface area contributed by atoms with Gasteiger partial charge in [0.1, 0.15) is 0 Å². The van der Waals surface area contributed by atoms with E-state index in [-0.39, 0.29) is 11.8 Å². The van der Waals surface area contributed by atoms with Gasteiger partial charge in [-0.15, -0.1) is 0 Å². The molecule has 3 aromatic rings. The first-order valence-corrected chi connectivity index (χ1v) is 8.71. The van der Waals surface area contributed by atoms with Crippen molar-refractivity contribution in [3.8, 4) is 11.3 Å². The number of aromatic nitrogens is 4. The lowest BCUT2D eigenvalue weighted by Crippen LogP contribution is -2.39. The molecular formula is C16H17N5O2S. The van der Waals surface area contributed by atoms with Gasteiger partial charge in [-0.25, -0.2) is 4.37 Å². The van der Waals surface area contributed by atoms with Crippen LogP contribution in [0.1, 0.15) is 40.5 Å². The van der Waals surface area contributed by atoms with Crippen LogP contribution in [0.3, 0.4) is 0 Å². The first kappa shape index (κ1) is 15.1. The maximum Gasteiger partial charge on any atom is 0.256 e. The van der Waals surface area contributed by atoms with E-state index in [1.54, 1.807) is 17.8 Å². The van der Waals surface area contributed by atoms with Crippen molar-refractivity contribution in [1.82, 2.24) is 24.6 Å². The molecule has 3 aromatic heterocycles. The van der Waals surface area contributed by atoms with Crippen LogP contribution in [0.2, 0.25) is 0 Å². The molecule has 0 radical (unpaired) electrons. The van der Waals surface area contributed by atoms with Gasteiger partial charge < -0.3 is 9.42 Å². The summed E-state index contributed by atoms with van der Waals surface area (Å²) in [5.74, 6) is 0.962. The van der Waals surface area contributed by atoms with Crippen molar-refractivity contribution in [1.29, 1.82) is 0 Å². The summed E-state index contributed by atoms with van der Waals surface area (Å²) in [6, 6.07) is 1.90. The molecule has 0 bridgehead atoms. The van der Waals surface area contributed by atoms with Crippen LogP contribution in [0.25, 0.3) is 11.3 Å². The maximum atomic E-state index is 12.6. The number of aromatic amines is 1. The molecule has 0 spiro atoms. The summed E-state index contributed by atoms with van der Waals surface area (Å²) in [5.41, 5.74) is 3.43. The number of amides is 1. The monoisotopic (exact) mass is 343 g/mol. The number of nitrogens with zero attached hydrogens (tertiary/aromatic N) is 4. The van der Waals surface area contributed by atoms with Crippen LogP contribution >= 0.6 is 11.5 Å². The highest BCUT2D eigenvalue weighted by Crippen LogP contribution is 2.33. The zero-order valence-electron chi connectivity index (χ0n) is 13.2. The van der Waals surface area contributed by atoms with Crippen LogP contribution in [0.5, 0.6) is 0 Å². The first-order valence-electron chi connectivity index (χ1n) is 7.88. The number of hydrogen-bond donors (Lipinski definition) is 1.